The lowest BCUT2D eigenvalue weighted by atomic mass is 9.88. The molecule has 1 atom stereocenters. The minimum Gasteiger partial charge on any atom is -0.496 e. The summed E-state index contributed by atoms with van der Waals surface area (Å²) in [6, 6.07) is 9.04. The van der Waals surface area contributed by atoms with E-state index in [1.54, 1.807) is 7.11 Å². The zero-order valence-electron chi connectivity index (χ0n) is 13.9. The molecule has 1 aromatic carbocycles. The SMILES string of the molecule is COc1ccccc1CC(CNC(C)C)CC1CCCC1. The van der Waals surface area contributed by atoms with Gasteiger partial charge in [0.15, 0.2) is 0 Å². The van der Waals surface area contributed by atoms with Crippen LogP contribution in [0.3, 0.4) is 0 Å². The van der Waals surface area contributed by atoms with Crippen LogP contribution in [0.2, 0.25) is 0 Å². The van der Waals surface area contributed by atoms with Crippen molar-refractivity contribution in [3.05, 3.63) is 29.8 Å². The van der Waals surface area contributed by atoms with E-state index in [9.17, 15) is 0 Å². The number of para-hydroxylation sites is 1. The van der Waals surface area contributed by atoms with Gasteiger partial charge < -0.3 is 10.1 Å². The third kappa shape index (κ3) is 5.35. The molecule has 0 radical (unpaired) electrons. The summed E-state index contributed by atoms with van der Waals surface area (Å²) in [5, 5.41) is 3.64. The van der Waals surface area contributed by atoms with Crippen molar-refractivity contribution in [1.82, 2.24) is 5.32 Å². The minimum atomic E-state index is 0.564. The fourth-order valence-corrected chi connectivity index (χ4v) is 3.54. The summed E-state index contributed by atoms with van der Waals surface area (Å²) in [7, 11) is 1.77. The topological polar surface area (TPSA) is 21.3 Å². The molecular weight excluding hydrogens is 258 g/mol. The van der Waals surface area contributed by atoms with E-state index in [1.165, 1.54) is 37.7 Å². The lowest BCUT2D eigenvalue weighted by molar-refractivity contribution is 0.342. The van der Waals surface area contributed by atoms with Gasteiger partial charge in [-0.2, -0.15) is 0 Å². The first kappa shape index (κ1) is 16.4. The first-order chi connectivity index (χ1) is 10.2. The monoisotopic (exact) mass is 289 g/mol. The van der Waals surface area contributed by atoms with Gasteiger partial charge in [0.2, 0.25) is 0 Å². The second kappa shape index (κ2) is 8.43. The molecule has 1 N–H and O–H groups in total. The quantitative estimate of drug-likeness (QED) is 0.764. The number of rotatable bonds is 8. The molecule has 118 valence electrons. The summed E-state index contributed by atoms with van der Waals surface area (Å²) in [5.74, 6) is 2.70. The summed E-state index contributed by atoms with van der Waals surface area (Å²) >= 11 is 0. The van der Waals surface area contributed by atoms with Crippen molar-refractivity contribution in [1.29, 1.82) is 0 Å². The third-order valence-electron chi connectivity index (χ3n) is 4.66. The van der Waals surface area contributed by atoms with Gasteiger partial charge in [-0.05, 0) is 42.9 Å². The minimum absolute atomic E-state index is 0.564. The predicted molar refractivity (Wildman–Crippen MR) is 89.9 cm³/mol. The largest absolute Gasteiger partial charge is 0.496 e. The van der Waals surface area contributed by atoms with E-state index < -0.39 is 0 Å². The van der Waals surface area contributed by atoms with Gasteiger partial charge in [-0.25, -0.2) is 0 Å². The van der Waals surface area contributed by atoms with E-state index >= 15 is 0 Å². The lowest BCUT2D eigenvalue weighted by Gasteiger charge is -2.23. The van der Waals surface area contributed by atoms with Gasteiger partial charge in [0.25, 0.3) is 0 Å². The van der Waals surface area contributed by atoms with Crippen LogP contribution < -0.4 is 10.1 Å². The fraction of sp³-hybridized carbons (Fsp3) is 0.684. The van der Waals surface area contributed by atoms with Crippen molar-refractivity contribution < 1.29 is 4.74 Å². The molecule has 1 unspecified atom stereocenters. The molecule has 0 aliphatic heterocycles. The second-order valence-corrected chi connectivity index (χ2v) is 6.83. The standard InChI is InChI=1S/C19H31NO/c1-15(2)20-14-17(12-16-8-4-5-9-16)13-18-10-6-7-11-19(18)21-3/h6-7,10-11,15-17,20H,4-5,8-9,12-14H2,1-3H3. The highest BCUT2D eigenvalue weighted by Crippen LogP contribution is 2.32. The Kier molecular flexibility index (Phi) is 6.56. The van der Waals surface area contributed by atoms with Crippen LogP contribution in [-0.2, 0) is 6.42 Å². The van der Waals surface area contributed by atoms with Crippen molar-refractivity contribution in [2.75, 3.05) is 13.7 Å². The van der Waals surface area contributed by atoms with Crippen LogP contribution in [-0.4, -0.2) is 19.7 Å². The zero-order chi connectivity index (χ0) is 15.1. The average molecular weight is 289 g/mol. The molecule has 0 spiro atoms. The molecule has 1 fully saturated rings. The number of benzene rings is 1. The maximum atomic E-state index is 5.52. The molecular formula is C19H31NO. The molecule has 1 aliphatic carbocycles. The number of nitrogens with one attached hydrogen (secondary N) is 1. The Hall–Kier alpha value is -1.02. The molecule has 2 nitrogen and oxygen atoms in total. The first-order valence-electron chi connectivity index (χ1n) is 8.54. The Balaban J connectivity index is 1.99. The zero-order valence-corrected chi connectivity index (χ0v) is 13.9. The smallest absolute Gasteiger partial charge is 0.122 e. The molecule has 1 aliphatic rings. The molecule has 0 aromatic heterocycles. The van der Waals surface area contributed by atoms with E-state index in [4.69, 9.17) is 4.74 Å². The van der Waals surface area contributed by atoms with Crippen molar-refractivity contribution >= 4 is 0 Å². The van der Waals surface area contributed by atoms with Gasteiger partial charge >= 0.3 is 0 Å². The highest BCUT2D eigenvalue weighted by atomic mass is 16.5. The Labute approximate surface area is 130 Å². The van der Waals surface area contributed by atoms with Crippen molar-refractivity contribution in [2.45, 2.75) is 58.4 Å². The Morgan fingerprint density at radius 1 is 1.19 bits per heavy atom. The van der Waals surface area contributed by atoms with E-state index in [0.717, 1.165) is 24.6 Å². The van der Waals surface area contributed by atoms with Crippen LogP contribution in [0.25, 0.3) is 0 Å². The Morgan fingerprint density at radius 2 is 1.90 bits per heavy atom. The van der Waals surface area contributed by atoms with E-state index in [1.807, 2.05) is 0 Å². The number of hydrogen-bond donors (Lipinski definition) is 1. The van der Waals surface area contributed by atoms with Gasteiger partial charge in [0.05, 0.1) is 7.11 Å². The summed E-state index contributed by atoms with van der Waals surface area (Å²) < 4.78 is 5.52. The molecule has 1 saturated carbocycles. The highest BCUT2D eigenvalue weighted by Gasteiger charge is 2.21. The number of hydrogen-bond acceptors (Lipinski definition) is 2. The molecule has 0 bridgehead atoms. The number of ether oxygens (including phenoxy) is 1. The molecule has 0 saturated heterocycles. The summed E-state index contributed by atoms with van der Waals surface area (Å²) in [5.41, 5.74) is 1.36. The molecule has 21 heavy (non-hydrogen) atoms. The van der Waals surface area contributed by atoms with E-state index in [-0.39, 0.29) is 0 Å². The Morgan fingerprint density at radius 3 is 2.57 bits per heavy atom. The maximum Gasteiger partial charge on any atom is 0.122 e. The van der Waals surface area contributed by atoms with Crippen LogP contribution in [0.1, 0.15) is 51.5 Å². The predicted octanol–water partition coefficient (Wildman–Crippen LogP) is 4.43. The van der Waals surface area contributed by atoms with Gasteiger partial charge in [0, 0.05) is 6.04 Å². The second-order valence-electron chi connectivity index (χ2n) is 6.83. The van der Waals surface area contributed by atoms with E-state index in [2.05, 4.69) is 43.4 Å². The lowest BCUT2D eigenvalue weighted by Crippen LogP contribution is -2.31. The van der Waals surface area contributed by atoms with Crippen LogP contribution in [0.4, 0.5) is 0 Å². The van der Waals surface area contributed by atoms with Crippen LogP contribution >= 0.6 is 0 Å². The van der Waals surface area contributed by atoms with Gasteiger partial charge in [-0.15, -0.1) is 0 Å². The number of methoxy groups -OCH3 is 1. The van der Waals surface area contributed by atoms with Crippen molar-refractivity contribution in [3.8, 4) is 5.75 Å². The van der Waals surface area contributed by atoms with Gasteiger partial charge in [-0.1, -0.05) is 57.7 Å². The van der Waals surface area contributed by atoms with Crippen molar-refractivity contribution in [3.63, 3.8) is 0 Å². The first-order valence-corrected chi connectivity index (χ1v) is 8.54. The molecule has 0 amide bonds. The van der Waals surface area contributed by atoms with Gasteiger partial charge in [-0.3, -0.25) is 0 Å². The van der Waals surface area contributed by atoms with E-state index in [0.29, 0.717) is 12.0 Å². The summed E-state index contributed by atoms with van der Waals surface area (Å²) in [6.45, 7) is 5.58. The van der Waals surface area contributed by atoms with Crippen molar-refractivity contribution in [2.24, 2.45) is 11.8 Å². The van der Waals surface area contributed by atoms with Crippen LogP contribution in [0, 0.1) is 11.8 Å². The maximum absolute atomic E-state index is 5.52. The molecule has 2 heteroatoms. The average Bonchev–Trinajstić information content (AvgIpc) is 2.98. The summed E-state index contributed by atoms with van der Waals surface area (Å²) in [6.07, 6.45) is 8.22. The highest BCUT2D eigenvalue weighted by molar-refractivity contribution is 5.33. The Bertz CT molecular complexity index is 410. The third-order valence-corrected chi connectivity index (χ3v) is 4.66. The summed E-state index contributed by atoms with van der Waals surface area (Å²) in [4.78, 5) is 0. The van der Waals surface area contributed by atoms with Crippen LogP contribution in [0.5, 0.6) is 5.75 Å². The molecule has 2 rings (SSSR count). The molecule has 0 heterocycles. The molecule has 1 aromatic rings. The van der Waals surface area contributed by atoms with Crippen LogP contribution in [0.15, 0.2) is 24.3 Å². The normalized spacial score (nSPS) is 17.3. The fourth-order valence-electron chi connectivity index (χ4n) is 3.54. The van der Waals surface area contributed by atoms with Gasteiger partial charge in [0.1, 0.15) is 5.75 Å².